The highest BCUT2D eigenvalue weighted by Crippen LogP contribution is 2.39. The van der Waals surface area contributed by atoms with Crippen LogP contribution >= 0.6 is 27.5 Å². The Hall–Kier alpha value is -0.900. The summed E-state index contributed by atoms with van der Waals surface area (Å²) in [5.41, 5.74) is 5.36. The predicted octanol–water partition coefficient (Wildman–Crippen LogP) is 5.42. The molecule has 4 rings (SSSR count). The van der Waals surface area contributed by atoms with Gasteiger partial charge in [0.1, 0.15) is 0 Å². The molecular weight excluding hydrogens is 384 g/mol. The zero-order chi connectivity index (χ0) is 16.7. The molecule has 0 radical (unpaired) electrons. The molecule has 0 amide bonds. The van der Waals surface area contributed by atoms with E-state index in [4.69, 9.17) is 16.6 Å². The summed E-state index contributed by atoms with van der Waals surface area (Å²) in [4.78, 5) is 7.49. The normalized spacial score (nSPS) is 24.1. The van der Waals surface area contributed by atoms with Crippen LogP contribution in [-0.2, 0) is 12.8 Å². The van der Waals surface area contributed by atoms with Gasteiger partial charge in [-0.3, -0.25) is 9.88 Å². The monoisotopic (exact) mass is 404 g/mol. The van der Waals surface area contributed by atoms with Gasteiger partial charge in [-0.2, -0.15) is 0 Å². The third-order valence-corrected chi connectivity index (χ3v) is 6.01. The number of likely N-dealkylation sites (tertiary alicyclic amines) is 1. The third kappa shape index (κ3) is 3.14. The van der Waals surface area contributed by atoms with Crippen LogP contribution in [0, 0.1) is 5.92 Å². The van der Waals surface area contributed by atoms with Crippen LogP contribution in [0.15, 0.2) is 34.9 Å². The van der Waals surface area contributed by atoms with E-state index in [0.29, 0.717) is 0 Å². The quantitative estimate of drug-likeness (QED) is 0.630. The number of pyridine rings is 1. The Morgan fingerprint density at radius 2 is 2.04 bits per heavy atom. The second-order valence-electron chi connectivity index (χ2n) is 7.19. The van der Waals surface area contributed by atoms with Gasteiger partial charge in [-0.25, -0.2) is 0 Å². The zero-order valence-corrected chi connectivity index (χ0v) is 16.3. The van der Waals surface area contributed by atoms with Crippen molar-refractivity contribution in [2.75, 3.05) is 13.1 Å². The molecule has 2 aliphatic rings. The van der Waals surface area contributed by atoms with Crippen LogP contribution in [0.25, 0.3) is 0 Å². The maximum atomic E-state index is 6.29. The number of aromatic nitrogens is 1. The molecule has 24 heavy (non-hydrogen) atoms. The summed E-state index contributed by atoms with van der Waals surface area (Å²) in [6.45, 7) is 4.65. The fraction of sp³-hybridized carbons (Fsp3) is 0.450. The second kappa shape index (κ2) is 6.78. The van der Waals surface area contributed by atoms with Crippen LogP contribution in [0.4, 0.5) is 0 Å². The van der Waals surface area contributed by atoms with E-state index in [0.717, 1.165) is 41.3 Å². The number of aryl methyl sites for hydroxylation is 2. The first-order valence-corrected chi connectivity index (χ1v) is 9.95. The van der Waals surface area contributed by atoms with E-state index in [2.05, 4.69) is 46.0 Å². The molecule has 1 aliphatic heterocycles. The van der Waals surface area contributed by atoms with Crippen molar-refractivity contribution in [3.8, 4) is 0 Å². The number of benzene rings is 1. The molecule has 2 unspecified atom stereocenters. The number of halogens is 2. The minimum absolute atomic E-state index is 0.255. The number of fused-ring (bicyclic) bond motifs is 2. The topological polar surface area (TPSA) is 16.1 Å². The number of piperidine rings is 1. The maximum absolute atomic E-state index is 6.29. The summed E-state index contributed by atoms with van der Waals surface area (Å²) < 4.78 is 1.07. The second-order valence-corrected chi connectivity index (χ2v) is 8.54. The first-order valence-electron chi connectivity index (χ1n) is 8.78. The van der Waals surface area contributed by atoms with E-state index >= 15 is 0 Å². The minimum atomic E-state index is 0.255. The molecule has 2 aromatic rings. The smallest absolute Gasteiger partial charge is 0.0782 e. The fourth-order valence-corrected chi connectivity index (χ4v) is 4.82. The lowest BCUT2D eigenvalue weighted by molar-refractivity contribution is 0.147. The highest BCUT2D eigenvalue weighted by molar-refractivity contribution is 9.10. The van der Waals surface area contributed by atoms with Gasteiger partial charge < -0.3 is 0 Å². The average molecular weight is 406 g/mol. The van der Waals surface area contributed by atoms with Gasteiger partial charge >= 0.3 is 0 Å². The number of nitrogens with zero attached hydrogens (tertiary/aromatic N) is 2. The van der Waals surface area contributed by atoms with Gasteiger partial charge in [0.2, 0.25) is 0 Å². The van der Waals surface area contributed by atoms with Crippen molar-refractivity contribution in [1.29, 1.82) is 0 Å². The Kier molecular flexibility index (Phi) is 4.68. The van der Waals surface area contributed by atoms with Crippen molar-refractivity contribution in [3.63, 3.8) is 0 Å². The van der Waals surface area contributed by atoms with Crippen LogP contribution < -0.4 is 0 Å². The zero-order valence-electron chi connectivity index (χ0n) is 13.9. The standard InChI is InChI=1S/C20H22BrClN2/c1-13-3-2-8-24(12-13)20-18-7-6-17(22)10-14(18)4-5-15-9-16(21)11-23-19(15)20/h6-7,9-11,13,20H,2-5,8,12H2,1H3. The molecule has 1 fully saturated rings. The molecule has 1 aromatic carbocycles. The van der Waals surface area contributed by atoms with E-state index in [1.165, 1.54) is 35.2 Å². The SMILES string of the molecule is CC1CCCN(C2c3ccc(Cl)cc3CCc3cc(Br)cnc32)C1. The fourth-order valence-electron chi connectivity index (χ4n) is 4.24. The summed E-state index contributed by atoms with van der Waals surface area (Å²) in [6, 6.07) is 8.91. The van der Waals surface area contributed by atoms with Crippen molar-refractivity contribution < 1.29 is 0 Å². The Balaban J connectivity index is 1.85. The molecule has 1 aliphatic carbocycles. The third-order valence-electron chi connectivity index (χ3n) is 5.34. The molecule has 2 heterocycles. The maximum Gasteiger partial charge on any atom is 0.0782 e. The molecule has 1 aromatic heterocycles. The first-order chi connectivity index (χ1) is 11.6. The van der Waals surface area contributed by atoms with Crippen LogP contribution in [0.2, 0.25) is 5.02 Å². The molecule has 0 bridgehead atoms. The van der Waals surface area contributed by atoms with Gasteiger partial charge in [-0.15, -0.1) is 0 Å². The molecule has 0 N–H and O–H groups in total. The van der Waals surface area contributed by atoms with E-state index < -0.39 is 0 Å². The van der Waals surface area contributed by atoms with Crippen molar-refractivity contribution in [3.05, 3.63) is 62.3 Å². The lowest BCUT2D eigenvalue weighted by Gasteiger charge is -2.38. The van der Waals surface area contributed by atoms with Gasteiger partial charge in [-0.05, 0) is 89.0 Å². The Labute approximate surface area is 157 Å². The van der Waals surface area contributed by atoms with E-state index in [1.807, 2.05) is 12.3 Å². The molecule has 126 valence electrons. The molecule has 4 heteroatoms. The number of hydrogen-bond acceptors (Lipinski definition) is 2. The lowest BCUT2D eigenvalue weighted by atomic mass is 9.92. The Morgan fingerprint density at radius 3 is 2.88 bits per heavy atom. The molecular formula is C20H22BrClN2. The molecule has 2 nitrogen and oxygen atoms in total. The van der Waals surface area contributed by atoms with Gasteiger partial charge in [-0.1, -0.05) is 24.6 Å². The van der Waals surface area contributed by atoms with Crippen LogP contribution in [-0.4, -0.2) is 23.0 Å². The lowest BCUT2D eigenvalue weighted by Crippen LogP contribution is -2.38. The Morgan fingerprint density at radius 1 is 1.21 bits per heavy atom. The van der Waals surface area contributed by atoms with Crippen molar-refractivity contribution in [2.24, 2.45) is 5.92 Å². The van der Waals surface area contributed by atoms with Gasteiger partial charge in [0, 0.05) is 22.2 Å². The van der Waals surface area contributed by atoms with Crippen molar-refractivity contribution in [1.82, 2.24) is 9.88 Å². The largest absolute Gasteiger partial charge is 0.291 e. The summed E-state index contributed by atoms with van der Waals surface area (Å²) in [6.07, 6.45) is 6.60. The summed E-state index contributed by atoms with van der Waals surface area (Å²) in [7, 11) is 0. The number of hydrogen-bond donors (Lipinski definition) is 0. The highest BCUT2D eigenvalue weighted by Gasteiger charge is 2.32. The van der Waals surface area contributed by atoms with Gasteiger partial charge in [0.05, 0.1) is 11.7 Å². The van der Waals surface area contributed by atoms with Gasteiger partial charge in [0.25, 0.3) is 0 Å². The van der Waals surface area contributed by atoms with Crippen molar-refractivity contribution >= 4 is 27.5 Å². The minimum Gasteiger partial charge on any atom is -0.291 e. The molecule has 0 spiro atoms. The predicted molar refractivity (Wildman–Crippen MR) is 103 cm³/mol. The van der Waals surface area contributed by atoms with E-state index in [1.54, 1.807) is 0 Å². The van der Waals surface area contributed by atoms with E-state index in [9.17, 15) is 0 Å². The Bertz CT molecular complexity index is 708. The van der Waals surface area contributed by atoms with Crippen LogP contribution in [0.3, 0.4) is 0 Å². The molecule has 2 atom stereocenters. The first kappa shape index (κ1) is 16.6. The summed E-state index contributed by atoms with van der Waals surface area (Å²) >= 11 is 9.88. The van der Waals surface area contributed by atoms with Crippen molar-refractivity contribution in [2.45, 2.75) is 38.6 Å². The highest BCUT2D eigenvalue weighted by atomic mass is 79.9. The summed E-state index contributed by atoms with van der Waals surface area (Å²) in [5, 5.41) is 0.833. The summed E-state index contributed by atoms with van der Waals surface area (Å²) in [5.74, 6) is 0.747. The van der Waals surface area contributed by atoms with E-state index in [-0.39, 0.29) is 6.04 Å². The average Bonchev–Trinajstić information content (AvgIpc) is 2.71. The van der Waals surface area contributed by atoms with Crippen LogP contribution in [0.1, 0.15) is 48.2 Å². The number of rotatable bonds is 1. The molecule has 0 saturated carbocycles. The van der Waals surface area contributed by atoms with Crippen LogP contribution in [0.5, 0.6) is 0 Å². The molecule has 1 saturated heterocycles. The van der Waals surface area contributed by atoms with Gasteiger partial charge in [0.15, 0.2) is 0 Å².